The molecule has 0 saturated carbocycles. The van der Waals surface area contributed by atoms with Crippen molar-refractivity contribution in [1.29, 1.82) is 0 Å². The van der Waals surface area contributed by atoms with Gasteiger partial charge in [0.05, 0.1) is 12.0 Å². The van der Waals surface area contributed by atoms with Gasteiger partial charge in [-0.1, -0.05) is 35.0 Å². The normalized spacial score (nSPS) is 18.8. The predicted octanol–water partition coefficient (Wildman–Crippen LogP) is 2.76. The zero-order valence-electron chi connectivity index (χ0n) is 18.3. The number of sulfonamides is 1. The Morgan fingerprint density at radius 2 is 2.06 bits per heavy atom. The molecule has 0 bridgehead atoms. The van der Waals surface area contributed by atoms with Gasteiger partial charge in [0, 0.05) is 24.7 Å². The number of halogens is 1. The molecule has 1 saturated heterocycles. The number of amides is 1. The van der Waals surface area contributed by atoms with Gasteiger partial charge in [0.25, 0.3) is 0 Å². The topological polar surface area (TPSA) is 95.8 Å². The van der Waals surface area contributed by atoms with Crippen molar-refractivity contribution in [2.24, 2.45) is 5.92 Å². The van der Waals surface area contributed by atoms with Crippen molar-refractivity contribution in [3.8, 4) is 0 Å². The Bertz CT molecular complexity index is 1020. The maximum atomic E-state index is 13.1. The lowest BCUT2D eigenvalue weighted by molar-refractivity contribution is -0.126. The summed E-state index contributed by atoms with van der Waals surface area (Å²) in [7, 11) is 0.0901. The molecule has 8 nitrogen and oxygen atoms in total. The molecule has 1 aromatic carbocycles. The van der Waals surface area contributed by atoms with Crippen molar-refractivity contribution in [2.45, 2.75) is 37.6 Å². The number of rotatable bonds is 7. The van der Waals surface area contributed by atoms with Crippen LogP contribution in [0.4, 0.5) is 0 Å². The van der Waals surface area contributed by atoms with E-state index in [-0.39, 0.29) is 29.1 Å². The van der Waals surface area contributed by atoms with Crippen LogP contribution in [0.1, 0.15) is 35.9 Å². The number of nitrogens with one attached hydrogen (secondary N) is 1. The standard InChI is InChI=1S/C21H29ClN4O4S/c1-14-20(15(2)30-24-14)31(28,29)26-11-7-8-16(13-26)21(27)23-12-19(25(3)4)17-9-5-6-10-18(17)22/h5-6,9-10,16,19H,7-8,11-13H2,1-4H3,(H,23,27). The lowest BCUT2D eigenvalue weighted by Gasteiger charge is -2.32. The largest absolute Gasteiger partial charge is 0.360 e. The first kappa shape index (κ1) is 23.7. The second-order valence-corrected chi connectivity index (χ2v) is 10.4. The lowest BCUT2D eigenvalue weighted by Crippen LogP contribution is -2.46. The van der Waals surface area contributed by atoms with E-state index in [1.54, 1.807) is 13.8 Å². The van der Waals surface area contributed by atoms with Gasteiger partial charge in [0.1, 0.15) is 10.6 Å². The number of likely N-dealkylation sites (N-methyl/N-ethyl adjacent to an activating group) is 1. The molecule has 0 radical (unpaired) electrons. The predicted molar refractivity (Wildman–Crippen MR) is 118 cm³/mol. The molecule has 170 valence electrons. The van der Waals surface area contributed by atoms with Gasteiger partial charge in [-0.2, -0.15) is 4.31 Å². The van der Waals surface area contributed by atoms with Crippen molar-refractivity contribution in [3.05, 3.63) is 46.3 Å². The molecule has 31 heavy (non-hydrogen) atoms. The molecule has 2 aromatic rings. The zero-order chi connectivity index (χ0) is 22.8. The number of carbonyl (C=O) groups is 1. The summed E-state index contributed by atoms with van der Waals surface area (Å²) >= 11 is 6.35. The summed E-state index contributed by atoms with van der Waals surface area (Å²) in [5.41, 5.74) is 1.26. The maximum absolute atomic E-state index is 13.1. The molecule has 2 atom stereocenters. The van der Waals surface area contributed by atoms with E-state index in [0.717, 1.165) is 5.56 Å². The first-order chi connectivity index (χ1) is 14.6. The van der Waals surface area contributed by atoms with Crippen LogP contribution in [0.3, 0.4) is 0 Å². The number of aryl methyl sites for hydroxylation is 2. The van der Waals surface area contributed by atoms with Crippen molar-refractivity contribution in [1.82, 2.24) is 19.7 Å². The van der Waals surface area contributed by atoms with Crippen LogP contribution in [0, 0.1) is 19.8 Å². The molecule has 1 aromatic heterocycles. The quantitative estimate of drug-likeness (QED) is 0.671. The Morgan fingerprint density at radius 1 is 1.35 bits per heavy atom. The minimum Gasteiger partial charge on any atom is -0.360 e. The van der Waals surface area contributed by atoms with Crippen LogP contribution in [0.2, 0.25) is 5.02 Å². The van der Waals surface area contributed by atoms with Crippen LogP contribution in [-0.4, -0.2) is 62.4 Å². The molecule has 1 aliphatic rings. The van der Waals surface area contributed by atoms with E-state index in [0.29, 0.717) is 36.6 Å². The highest BCUT2D eigenvalue weighted by atomic mass is 35.5. The molecule has 3 rings (SSSR count). The minimum absolute atomic E-state index is 0.0941. The molecule has 1 fully saturated rings. The fraction of sp³-hybridized carbons (Fsp3) is 0.524. The van der Waals surface area contributed by atoms with Gasteiger partial charge in [-0.05, 0) is 52.4 Å². The summed E-state index contributed by atoms with van der Waals surface area (Å²) in [4.78, 5) is 15.0. The number of piperidine rings is 1. The van der Waals surface area contributed by atoms with Gasteiger partial charge < -0.3 is 14.7 Å². The molecule has 0 spiro atoms. The summed E-state index contributed by atoms with van der Waals surface area (Å²) in [6, 6.07) is 7.46. The molecular formula is C21H29ClN4O4S. The highest BCUT2D eigenvalue weighted by Gasteiger charge is 2.36. The molecule has 2 heterocycles. The van der Waals surface area contributed by atoms with Crippen LogP contribution >= 0.6 is 11.6 Å². The second-order valence-electron chi connectivity index (χ2n) is 8.10. The lowest BCUT2D eigenvalue weighted by atomic mass is 9.98. The number of hydrogen-bond acceptors (Lipinski definition) is 6. The van der Waals surface area contributed by atoms with Crippen molar-refractivity contribution in [2.75, 3.05) is 33.7 Å². The van der Waals surface area contributed by atoms with Gasteiger partial charge in [-0.3, -0.25) is 4.79 Å². The van der Waals surface area contributed by atoms with E-state index in [1.165, 1.54) is 4.31 Å². The Balaban J connectivity index is 1.69. The monoisotopic (exact) mass is 468 g/mol. The molecular weight excluding hydrogens is 440 g/mol. The van der Waals surface area contributed by atoms with Crippen LogP contribution < -0.4 is 5.32 Å². The van der Waals surface area contributed by atoms with Gasteiger partial charge in [0.15, 0.2) is 5.76 Å². The van der Waals surface area contributed by atoms with Crippen LogP contribution in [0.25, 0.3) is 0 Å². The summed E-state index contributed by atoms with van der Waals surface area (Å²) < 4.78 is 32.6. The molecule has 1 N–H and O–H groups in total. The average Bonchev–Trinajstić information content (AvgIpc) is 3.08. The van der Waals surface area contributed by atoms with Gasteiger partial charge in [0.2, 0.25) is 15.9 Å². The third kappa shape index (κ3) is 5.11. The third-order valence-electron chi connectivity index (χ3n) is 5.68. The number of aromatic nitrogens is 1. The fourth-order valence-electron chi connectivity index (χ4n) is 4.00. The summed E-state index contributed by atoms with van der Waals surface area (Å²) in [6.07, 6.45) is 1.25. The van der Waals surface area contributed by atoms with E-state index in [4.69, 9.17) is 16.1 Å². The SMILES string of the molecule is Cc1noc(C)c1S(=O)(=O)N1CCCC(C(=O)NCC(c2ccccc2Cl)N(C)C)C1. The Kier molecular flexibility index (Phi) is 7.41. The van der Waals surface area contributed by atoms with Gasteiger partial charge >= 0.3 is 0 Å². The van der Waals surface area contributed by atoms with Gasteiger partial charge in [-0.25, -0.2) is 8.42 Å². The first-order valence-electron chi connectivity index (χ1n) is 10.2. The number of nitrogens with zero attached hydrogens (tertiary/aromatic N) is 3. The first-order valence-corrected chi connectivity index (χ1v) is 12.1. The maximum Gasteiger partial charge on any atom is 0.248 e. The number of hydrogen-bond donors (Lipinski definition) is 1. The molecule has 2 unspecified atom stereocenters. The highest BCUT2D eigenvalue weighted by Crippen LogP contribution is 2.29. The van der Waals surface area contributed by atoms with Crippen molar-refractivity contribution < 1.29 is 17.7 Å². The summed E-state index contributed by atoms with van der Waals surface area (Å²) in [6.45, 7) is 4.07. The van der Waals surface area contributed by atoms with E-state index in [2.05, 4.69) is 10.5 Å². The smallest absolute Gasteiger partial charge is 0.248 e. The number of benzene rings is 1. The van der Waals surface area contributed by atoms with E-state index in [9.17, 15) is 13.2 Å². The molecule has 0 aliphatic carbocycles. The number of carbonyl (C=O) groups excluding carboxylic acids is 1. The molecule has 1 amide bonds. The van der Waals surface area contributed by atoms with E-state index >= 15 is 0 Å². The second kappa shape index (κ2) is 9.68. The Hall–Kier alpha value is -1.94. The van der Waals surface area contributed by atoms with Crippen LogP contribution in [-0.2, 0) is 14.8 Å². The third-order valence-corrected chi connectivity index (χ3v) is 8.13. The van der Waals surface area contributed by atoms with Crippen molar-refractivity contribution in [3.63, 3.8) is 0 Å². The van der Waals surface area contributed by atoms with Crippen molar-refractivity contribution >= 4 is 27.5 Å². The van der Waals surface area contributed by atoms with E-state index in [1.807, 2.05) is 43.3 Å². The van der Waals surface area contributed by atoms with Crippen LogP contribution in [0.15, 0.2) is 33.7 Å². The fourth-order valence-corrected chi connectivity index (χ4v) is 6.08. The molecule has 10 heteroatoms. The molecule has 1 aliphatic heterocycles. The summed E-state index contributed by atoms with van der Waals surface area (Å²) in [5, 5.41) is 7.40. The summed E-state index contributed by atoms with van der Waals surface area (Å²) in [5.74, 6) is -0.312. The highest BCUT2D eigenvalue weighted by molar-refractivity contribution is 7.89. The minimum atomic E-state index is -3.77. The Labute approximate surface area is 188 Å². The van der Waals surface area contributed by atoms with Crippen LogP contribution in [0.5, 0.6) is 0 Å². The van der Waals surface area contributed by atoms with Gasteiger partial charge in [-0.15, -0.1) is 0 Å². The average molecular weight is 469 g/mol. The Morgan fingerprint density at radius 3 is 2.68 bits per heavy atom. The zero-order valence-corrected chi connectivity index (χ0v) is 19.8. The van der Waals surface area contributed by atoms with E-state index < -0.39 is 15.9 Å².